The zero-order valence-corrected chi connectivity index (χ0v) is 47.3. The predicted octanol–water partition coefficient (Wildman–Crippen LogP) is 22.0. The molecule has 6 aromatic heterocycles. The summed E-state index contributed by atoms with van der Waals surface area (Å²) in [5.41, 5.74) is 3.01. The van der Waals surface area contributed by atoms with Gasteiger partial charge in [-0.15, -0.1) is 68.0 Å². The summed E-state index contributed by atoms with van der Waals surface area (Å²) in [5.74, 6) is -1.24. The average Bonchev–Trinajstić information content (AvgIpc) is 4.22. The van der Waals surface area contributed by atoms with Gasteiger partial charge in [-0.05, 0) is 73.2 Å². The van der Waals surface area contributed by atoms with Crippen LogP contribution in [0.3, 0.4) is 0 Å². The van der Waals surface area contributed by atoms with E-state index in [0.717, 1.165) is 22.6 Å². The second-order valence-electron chi connectivity index (χ2n) is 19.3. The SMILES string of the molecule is CCCCCCCCCCCCCCCCCc1c(-c2ccc(/C=C/C(=O)O)s2)sc2c1sc1c3sc(-c4ccc(/C=C/C(=O)OC)s4)c(CCCCCCCCCCCCCCCCC)c3sc21. The van der Waals surface area contributed by atoms with Crippen LogP contribution in [-0.2, 0) is 27.2 Å². The molecule has 0 saturated carbocycles. The van der Waals surface area contributed by atoms with Crippen LogP contribution in [0, 0.1) is 0 Å². The molecule has 0 amide bonds. The first-order chi connectivity index (χ1) is 33.9. The van der Waals surface area contributed by atoms with E-state index in [4.69, 9.17) is 4.74 Å². The highest BCUT2D eigenvalue weighted by Crippen LogP contribution is 2.56. The highest BCUT2D eigenvalue weighted by molar-refractivity contribution is 7.46. The van der Waals surface area contributed by atoms with E-state index in [2.05, 4.69) is 38.1 Å². The van der Waals surface area contributed by atoms with Gasteiger partial charge in [0.25, 0.3) is 0 Å². The van der Waals surface area contributed by atoms with Crippen molar-refractivity contribution >= 4 is 120 Å². The van der Waals surface area contributed by atoms with E-state index >= 15 is 0 Å². The molecule has 378 valence electrons. The summed E-state index contributed by atoms with van der Waals surface area (Å²) in [4.78, 5) is 30.7. The Hall–Kier alpha value is -2.60. The Kier molecular flexibility index (Phi) is 25.6. The molecular weight excluding hydrogens is 965 g/mol. The van der Waals surface area contributed by atoms with Crippen molar-refractivity contribution in [2.24, 2.45) is 0 Å². The maximum Gasteiger partial charge on any atom is 0.330 e. The number of hydrogen-bond donors (Lipinski definition) is 1. The van der Waals surface area contributed by atoms with Crippen LogP contribution in [0.1, 0.15) is 227 Å². The predicted molar refractivity (Wildman–Crippen MR) is 312 cm³/mol. The molecule has 6 rings (SSSR count). The van der Waals surface area contributed by atoms with Gasteiger partial charge in [-0.2, -0.15) is 0 Å². The number of carboxylic acids is 1. The van der Waals surface area contributed by atoms with Crippen LogP contribution in [0.2, 0.25) is 0 Å². The Morgan fingerprint density at radius 2 is 0.739 bits per heavy atom. The summed E-state index contributed by atoms with van der Waals surface area (Å²) in [5, 5.41) is 9.32. The lowest BCUT2D eigenvalue weighted by molar-refractivity contribution is -0.135. The molecule has 0 aliphatic heterocycles. The molecule has 0 atom stereocenters. The van der Waals surface area contributed by atoms with Crippen LogP contribution in [0.4, 0.5) is 0 Å². The standard InChI is InChI=1S/C59H82O4S6/c1-4-6-8-10-12-14-16-18-20-22-24-26-28-30-32-34-46-52(48-40-36-44(64-48)38-42-50(60)61)66-56-54(46)68-59-57-55(69-58(56)59)47(53(67-57)49-41-37-45(65-49)39-43-51(62)63-3)35-33-31-29-27-25-23-21-19-17-15-13-11-9-7-5-2/h36-43H,4-35H2,1-3H3,(H,60,61)/b42-38+,43-39+. The molecule has 10 heteroatoms. The molecule has 4 nitrogen and oxygen atoms in total. The second-order valence-corrected chi connectivity index (χ2v) is 25.6. The summed E-state index contributed by atoms with van der Waals surface area (Å²) in [6, 6.07) is 8.67. The van der Waals surface area contributed by atoms with Crippen LogP contribution >= 0.6 is 68.0 Å². The van der Waals surface area contributed by atoms with Crippen molar-refractivity contribution in [2.45, 2.75) is 219 Å². The molecule has 69 heavy (non-hydrogen) atoms. The Bertz CT molecular complexity index is 2460. The third kappa shape index (κ3) is 17.8. The lowest BCUT2D eigenvalue weighted by Gasteiger charge is -2.05. The van der Waals surface area contributed by atoms with E-state index in [0.29, 0.717) is 0 Å². The minimum absolute atomic E-state index is 0.327. The number of rotatable bonds is 38. The molecule has 0 aliphatic carbocycles. The van der Waals surface area contributed by atoms with Crippen molar-refractivity contribution in [1.82, 2.24) is 0 Å². The van der Waals surface area contributed by atoms with Crippen LogP contribution < -0.4 is 0 Å². The van der Waals surface area contributed by atoms with Crippen molar-refractivity contribution < 1.29 is 19.4 Å². The number of aryl methyl sites for hydroxylation is 2. The fourth-order valence-electron chi connectivity index (χ4n) is 9.71. The zero-order valence-electron chi connectivity index (χ0n) is 42.4. The maximum atomic E-state index is 11.9. The van der Waals surface area contributed by atoms with Gasteiger partial charge >= 0.3 is 11.9 Å². The smallest absolute Gasteiger partial charge is 0.330 e. The quantitative estimate of drug-likeness (QED) is 0.0238. The number of hydrogen-bond acceptors (Lipinski definition) is 9. The molecule has 0 radical (unpaired) electrons. The van der Waals surface area contributed by atoms with Crippen LogP contribution in [-0.4, -0.2) is 24.2 Å². The van der Waals surface area contributed by atoms with Crippen molar-refractivity contribution in [3.63, 3.8) is 0 Å². The van der Waals surface area contributed by atoms with E-state index < -0.39 is 5.97 Å². The molecule has 0 spiro atoms. The molecular formula is C59H82O4S6. The molecule has 0 fully saturated rings. The Labute approximate surface area is 439 Å². The van der Waals surface area contributed by atoms with Gasteiger partial charge in [-0.1, -0.05) is 194 Å². The first-order valence-electron chi connectivity index (χ1n) is 27.2. The van der Waals surface area contributed by atoms with E-state index in [9.17, 15) is 14.7 Å². The maximum absolute atomic E-state index is 11.9. The summed E-state index contributed by atoms with van der Waals surface area (Å²) < 4.78 is 13.6. The van der Waals surface area contributed by atoms with Gasteiger partial charge in [-0.3, -0.25) is 0 Å². The number of ether oxygens (including phenoxy) is 1. The number of carbonyl (C=O) groups excluding carboxylic acids is 1. The normalized spacial score (nSPS) is 12.2. The van der Waals surface area contributed by atoms with Crippen LogP contribution in [0.25, 0.3) is 59.9 Å². The Balaban J connectivity index is 1.13. The molecule has 1 N–H and O–H groups in total. The molecule has 0 aliphatic rings. The lowest BCUT2D eigenvalue weighted by Crippen LogP contribution is -1.92. The number of methoxy groups -OCH3 is 1. The third-order valence-electron chi connectivity index (χ3n) is 13.7. The number of fused-ring (bicyclic) bond motifs is 5. The number of thiophene rings is 6. The number of aliphatic carboxylic acids is 1. The molecule has 0 aromatic carbocycles. The number of carboxylic acid groups (broad SMARTS) is 1. The zero-order chi connectivity index (χ0) is 48.5. The van der Waals surface area contributed by atoms with Crippen molar-refractivity contribution in [2.75, 3.05) is 7.11 Å². The Morgan fingerprint density at radius 3 is 1.07 bits per heavy atom. The van der Waals surface area contributed by atoms with E-state index in [1.54, 1.807) is 28.7 Å². The number of unbranched alkanes of at least 4 members (excludes halogenated alkanes) is 28. The molecule has 0 unspecified atom stereocenters. The van der Waals surface area contributed by atoms with Gasteiger partial charge < -0.3 is 9.84 Å². The summed E-state index contributed by atoms with van der Waals surface area (Å²) >= 11 is 11.5. The van der Waals surface area contributed by atoms with Gasteiger partial charge in [0.2, 0.25) is 0 Å². The second kappa shape index (κ2) is 31.8. The molecule has 6 heterocycles. The summed E-state index contributed by atoms with van der Waals surface area (Å²) in [6.07, 6.45) is 49.6. The topological polar surface area (TPSA) is 63.6 Å². The van der Waals surface area contributed by atoms with Gasteiger partial charge in [0, 0.05) is 41.4 Å². The summed E-state index contributed by atoms with van der Waals surface area (Å²) in [6.45, 7) is 4.59. The molecule has 0 bridgehead atoms. The highest BCUT2D eigenvalue weighted by atomic mass is 32.1. The van der Waals surface area contributed by atoms with Gasteiger partial charge in [-0.25, -0.2) is 9.59 Å². The molecule has 6 aromatic rings. The fourth-order valence-corrected chi connectivity index (χ4v) is 18.1. The largest absolute Gasteiger partial charge is 0.478 e. The first kappa shape index (κ1) is 55.7. The highest BCUT2D eigenvalue weighted by Gasteiger charge is 2.26. The lowest BCUT2D eigenvalue weighted by atomic mass is 10.0. The minimum atomic E-state index is -0.910. The monoisotopic (exact) mass is 1050 g/mol. The van der Waals surface area contributed by atoms with Gasteiger partial charge in [0.15, 0.2) is 0 Å². The van der Waals surface area contributed by atoms with Crippen molar-refractivity contribution in [1.29, 1.82) is 0 Å². The number of esters is 1. The fraction of sp³-hybridized carbons (Fsp3) is 0.593. The summed E-state index contributed by atoms with van der Waals surface area (Å²) in [7, 11) is 1.43. The van der Waals surface area contributed by atoms with E-state index in [1.165, 1.54) is 271 Å². The van der Waals surface area contributed by atoms with Crippen LogP contribution in [0.5, 0.6) is 0 Å². The van der Waals surface area contributed by atoms with Crippen LogP contribution in [0.15, 0.2) is 36.4 Å². The van der Waals surface area contributed by atoms with Crippen molar-refractivity contribution in [3.05, 3.63) is 57.3 Å². The Morgan fingerprint density at radius 1 is 0.420 bits per heavy atom. The third-order valence-corrected chi connectivity index (χ3v) is 21.8. The van der Waals surface area contributed by atoms with Gasteiger partial charge in [0.1, 0.15) is 0 Å². The number of carbonyl (C=O) groups is 2. The molecule has 0 saturated heterocycles. The average molecular weight is 1050 g/mol. The van der Waals surface area contributed by atoms with Crippen molar-refractivity contribution in [3.8, 4) is 19.5 Å². The van der Waals surface area contributed by atoms with E-state index in [-0.39, 0.29) is 5.97 Å². The van der Waals surface area contributed by atoms with Gasteiger partial charge in [0.05, 0.1) is 35.3 Å². The minimum Gasteiger partial charge on any atom is -0.478 e. The first-order valence-corrected chi connectivity index (χ1v) is 32.1. The van der Waals surface area contributed by atoms with E-state index in [1.807, 2.05) is 51.4 Å².